The number of carboxylic acids is 1. The van der Waals surface area contributed by atoms with E-state index in [0.29, 0.717) is 17.8 Å². The van der Waals surface area contributed by atoms with Gasteiger partial charge in [0.2, 0.25) is 0 Å². The molecule has 1 aromatic carbocycles. The number of carbonyl (C=O) groups is 2. The Bertz CT molecular complexity index is 665. The Labute approximate surface area is 133 Å². The van der Waals surface area contributed by atoms with Gasteiger partial charge in [0.15, 0.2) is 0 Å². The first kappa shape index (κ1) is 16.2. The number of thiazole rings is 1. The summed E-state index contributed by atoms with van der Waals surface area (Å²) in [7, 11) is 0. The summed E-state index contributed by atoms with van der Waals surface area (Å²) in [5.74, 6) is -1.09. The van der Waals surface area contributed by atoms with Gasteiger partial charge in [-0.15, -0.1) is 11.3 Å². The van der Waals surface area contributed by atoms with Crippen molar-refractivity contribution in [1.29, 1.82) is 0 Å². The summed E-state index contributed by atoms with van der Waals surface area (Å²) < 4.78 is 0. The van der Waals surface area contributed by atoms with Crippen molar-refractivity contribution in [3.05, 3.63) is 41.4 Å². The summed E-state index contributed by atoms with van der Waals surface area (Å²) in [6.45, 7) is 3.60. The SMILES string of the molecule is CC(C)(CCNC(=O)c1cnc(-c2ccccc2)s1)C(=O)O. The number of nitrogens with one attached hydrogen (secondary N) is 1. The quantitative estimate of drug-likeness (QED) is 0.858. The highest BCUT2D eigenvalue weighted by Gasteiger charge is 2.26. The zero-order valence-electron chi connectivity index (χ0n) is 12.5. The van der Waals surface area contributed by atoms with Gasteiger partial charge in [-0.1, -0.05) is 30.3 Å². The van der Waals surface area contributed by atoms with Gasteiger partial charge in [0.05, 0.1) is 11.6 Å². The normalized spacial score (nSPS) is 11.2. The van der Waals surface area contributed by atoms with Gasteiger partial charge in [-0.05, 0) is 20.3 Å². The second-order valence-electron chi connectivity index (χ2n) is 5.59. The zero-order chi connectivity index (χ0) is 16.2. The largest absolute Gasteiger partial charge is 0.481 e. The van der Waals surface area contributed by atoms with Crippen LogP contribution in [0.1, 0.15) is 29.9 Å². The van der Waals surface area contributed by atoms with Gasteiger partial charge in [-0.3, -0.25) is 9.59 Å². The number of aliphatic carboxylic acids is 1. The van der Waals surface area contributed by atoms with Gasteiger partial charge in [0.1, 0.15) is 9.88 Å². The third-order valence-corrected chi connectivity index (χ3v) is 4.41. The molecule has 0 aliphatic heterocycles. The molecular formula is C16H18N2O3S. The lowest BCUT2D eigenvalue weighted by Gasteiger charge is -2.18. The molecule has 1 amide bonds. The van der Waals surface area contributed by atoms with Crippen LogP contribution in [-0.2, 0) is 4.79 Å². The molecule has 0 spiro atoms. The number of amides is 1. The average molecular weight is 318 g/mol. The molecule has 0 aliphatic carbocycles. The first-order valence-electron chi connectivity index (χ1n) is 6.93. The maximum atomic E-state index is 12.1. The van der Waals surface area contributed by atoms with Crippen molar-refractivity contribution in [2.75, 3.05) is 6.54 Å². The van der Waals surface area contributed by atoms with E-state index < -0.39 is 11.4 Å². The molecule has 0 aliphatic rings. The average Bonchev–Trinajstić information content (AvgIpc) is 2.97. The summed E-state index contributed by atoms with van der Waals surface area (Å²) in [5.41, 5.74) is 0.120. The number of rotatable bonds is 6. The van der Waals surface area contributed by atoms with Crippen LogP contribution in [0.4, 0.5) is 0 Å². The van der Waals surface area contributed by atoms with Gasteiger partial charge in [-0.2, -0.15) is 0 Å². The van der Waals surface area contributed by atoms with E-state index in [1.165, 1.54) is 11.3 Å². The molecule has 0 saturated carbocycles. The molecule has 0 fully saturated rings. The Morgan fingerprint density at radius 3 is 2.59 bits per heavy atom. The van der Waals surface area contributed by atoms with Crippen molar-refractivity contribution >= 4 is 23.2 Å². The first-order valence-corrected chi connectivity index (χ1v) is 7.74. The lowest BCUT2D eigenvalue weighted by molar-refractivity contribution is -0.147. The molecule has 2 N–H and O–H groups in total. The van der Waals surface area contributed by atoms with Crippen LogP contribution in [-0.4, -0.2) is 28.5 Å². The van der Waals surface area contributed by atoms with Crippen LogP contribution in [0.25, 0.3) is 10.6 Å². The molecule has 22 heavy (non-hydrogen) atoms. The number of carboxylic acid groups (broad SMARTS) is 1. The van der Waals surface area contributed by atoms with E-state index in [0.717, 1.165) is 10.6 Å². The molecule has 0 saturated heterocycles. The monoisotopic (exact) mass is 318 g/mol. The Balaban J connectivity index is 1.94. The third-order valence-electron chi connectivity index (χ3n) is 3.36. The number of aromatic nitrogens is 1. The number of nitrogens with zero attached hydrogens (tertiary/aromatic N) is 1. The summed E-state index contributed by atoms with van der Waals surface area (Å²) >= 11 is 1.32. The van der Waals surface area contributed by atoms with E-state index in [-0.39, 0.29) is 5.91 Å². The van der Waals surface area contributed by atoms with Crippen LogP contribution in [0.5, 0.6) is 0 Å². The highest BCUT2D eigenvalue weighted by atomic mass is 32.1. The molecule has 5 nitrogen and oxygen atoms in total. The van der Waals surface area contributed by atoms with Crippen LogP contribution >= 0.6 is 11.3 Å². The van der Waals surface area contributed by atoms with Crippen LogP contribution in [0.15, 0.2) is 36.5 Å². The zero-order valence-corrected chi connectivity index (χ0v) is 13.3. The van der Waals surface area contributed by atoms with Crippen LogP contribution in [0.3, 0.4) is 0 Å². The van der Waals surface area contributed by atoms with Crippen molar-refractivity contribution in [3.63, 3.8) is 0 Å². The molecule has 6 heteroatoms. The van der Waals surface area contributed by atoms with Crippen LogP contribution < -0.4 is 5.32 Å². The fourth-order valence-corrected chi connectivity index (χ4v) is 2.61. The highest BCUT2D eigenvalue weighted by Crippen LogP contribution is 2.25. The van der Waals surface area contributed by atoms with Crippen molar-refractivity contribution in [1.82, 2.24) is 10.3 Å². The van der Waals surface area contributed by atoms with Crippen LogP contribution in [0.2, 0.25) is 0 Å². The fourth-order valence-electron chi connectivity index (χ4n) is 1.78. The second-order valence-corrected chi connectivity index (χ2v) is 6.62. The predicted octanol–water partition coefficient (Wildman–Crippen LogP) is 3.04. The molecule has 0 radical (unpaired) electrons. The minimum absolute atomic E-state index is 0.221. The van der Waals surface area contributed by atoms with E-state index in [9.17, 15) is 9.59 Å². The van der Waals surface area contributed by atoms with E-state index >= 15 is 0 Å². The van der Waals surface area contributed by atoms with E-state index in [4.69, 9.17) is 5.11 Å². The smallest absolute Gasteiger partial charge is 0.309 e. The minimum Gasteiger partial charge on any atom is -0.481 e. The van der Waals surface area contributed by atoms with Gasteiger partial charge in [0.25, 0.3) is 5.91 Å². The van der Waals surface area contributed by atoms with Gasteiger partial charge >= 0.3 is 5.97 Å². The lowest BCUT2D eigenvalue weighted by atomic mass is 9.90. The van der Waals surface area contributed by atoms with Crippen molar-refractivity contribution in [2.45, 2.75) is 20.3 Å². The fraction of sp³-hybridized carbons (Fsp3) is 0.312. The maximum absolute atomic E-state index is 12.1. The summed E-state index contributed by atoms with van der Waals surface area (Å²) in [5, 5.41) is 12.6. The summed E-state index contributed by atoms with van der Waals surface area (Å²) in [4.78, 5) is 27.8. The van der Waals surface area contributed by atoms with E-state index in [1.807, 2.05) is 30.3 Å². The van der Waals surface area contributed by atoms with E-state index in [2.05, 4.69) is 10.3 Å². The second kappa shape index (κ2) is 6.70. The predicted molar refractivity (Wildman–Crippen MR) is 85.9 cm³/mol. The third kappa shape index (κ3) is 3.92. The van der Waals surface area contributed by atoms with Crippen molar-refractivity contribution in [2.24, 2.45) is 5.41 Å². The minimum atomic E-state index is -0.870. The number of hydrogen-bond donors (Lipinski definition) is 2. The van der Waals surface area contributed by atoms with Gasteiger partial charge in [0, 0.05) is 12.1 Å². The first-order chi connectivity index (χ1) is 10.4. The Kier molecular flexibility index (Phi) is 4.92. The molecule has 0 unspecified atom stereocenters. The number of hydrogen-bond acceptors (Lipinski definition) is 4. The van der Waals surface area contributed by atoms with Crippen molar-refractivity contribution in [3.8, 4) is 10.6 Å². The molecule has 0 bridgehead atoms. The van der Waals surface area contributed by atoms with Gasteiger partial charge < -0.3 is 10.4 Å². The van der Waals surface area contributed by atoms with E-state index in [1.54, 1.807) is 20.0 Å². The Hall–Kier alpha value is -2.21. The lowest BCUT2D eigenvalue weighted by Crippen LogP contribution is -2.31. The molecule has 2 rings (SSSR count). The Morgan fingerprint density at radius 2 is 1.95 bits per heavy atom. The number of benzene rings is 1. The maximum Gasteiger partial charge on any atom is 0.309 e. The molecule has 0 atom stereocenters. The van der Waals surface area contributed by atoms with Gasteiger partial charge in [-0.25, -0.2) is 4.98 Å². The van der Waals surface area contributed by atoms with Crippen LogP contribution in [0, 0.1) is 5.41 Å². The Morgan fingerprint density at radius 1 is 1.27 bits per heavy atom. The molecule has 2 aromatic rings. The molecule has 116 valence electrons. The standard InChI is InChI=1S/C16H18N2O3S/c1-16(2,15(20)21)8-9-17-13(19)12-10-18-14(22-12)11-6-4-3-5-7-11/h3-7,10H,8-9H2,1-2H3,(H,17,19)(H,20,21). The topological polar surface area (TPSA) is 79.3 Å². The number of carbonyl (C=O) groups excluding carboxylic acids is 1. The summed E-state index contributed by atoms with van der Waals surface area (Å²) in [6.07, 6.45) is 1.92. The molecule has 1 aromatic heterocycles. The highest BCUT2D eigenvalue weighted by molar-refractivity contribution is 7.16. The molecule has 1 heterocycles. The van der Waals surface area contributed by atoms with Crippen molar-refractivity contribution < 1.29 is 14.7 Å². The summed E-state index contributed by atoms with van der Waals surface area (Å²) in [6, 6.07) is 9.65. The molecular weight excluding hydrogens is 300 g/mol.